The van der Waals surface area contributed by atoms with Crippen molar-refractivity contribution in [3.63, 3.8) is 0 Å². The predicted octanol–water partition coefficient (Wildman–Crippen LogP) is 2.28. The highest BCUT2D eigenvalue weighted by molar-refractivity contribution is 9.10. The monoisotopic (exact) mass is 326 g/mol. The predicted molar refractivity (Wildman–Crippen MR) is 78.7 cm³/mol. The van der Waals surface area contributed by atoms with Crippen molar-refractivity contribution in [1.29, 1.82) is 0 Å². The van der Waals surface area contributed by atoms with Crippen LogP contribution in [0.3, 0.4) is 0 Å². The molecule has 4 nitrogen and oxygen atoms in total. The highest BCUT2D eigenvalue weighted by Crippen LogP contribution is 2.24. The quantitative estimate of drug-likeness (QED) is 0.926. The standard InChI is InChI=1S/C14H19BrN2O2/c1-10(2)19-11-3-4-13(15)12(9-11)14(18)17-7-5-16-6-8-17/h3-4,9-10,16H,5-8H2,1-2H3. The minimum absolute atomic E-state index is 0.0579. The molecular formula is C14H19BrN2O2. The van der Waals surface area contributed by atoms with Gasteiger partial charge in [-0.25, -0.2) is 0 Å². The van der Waals surface area contributed by atoms with Gasteiger partial charge in [-0.1, -0.05) is 0 Å². The van der Waals surface area contributed by atoms with Crippen LogP contribution < -0.4 is 10.1 Å². The molecule has 0 bridgehead atoms. The van der Waals surface area contributed by atoms with Gasteiger partial charge in [0.2, 0.25) is 0 Å². The summed E-state index contributed by atoms with van der Waals surface area (Å²) < 4.78 is 6.46. The van der Waals surface area contributed by atoms with Gasteiger partial charge in [0.05, 0.1) is 11.7 Å². The van der Waals surface area contributed by atoms with Crippen molar-refractivity contribution in [1.82, 2.24) is 10.2 Å². The summed E-state index contributed by atoms with van der Waals surface area (Å²) in [7, 11) is 0. The van der Waals surface area contributed by atoms with Crippen molar-refractivity contribution in [2.24, 2.45) is 0 Å². The van der Waals surface area contributed by atoms with Gasteiger partial charge in [-0.05, 0) is 48.0 Å². The van der Waals surface area contributed by atoms with E-state index >= 15 is 0 Å². The summed E-state index contributed by atoms with van der Waals surface area (Å²) in [5.41, 5.74) is 0.667. The Morgan fingerprint density at radius 3 is 2.68 bits per heavy atom. The van der Waals surface area contributed by atoms with Crippen molar-refractivity contribution in [3.8, 4) is 5.75 Å². The Kier molecular flexibility index (Phi) is 4.82. The van der Waals surface area contributed by atoms with E-state index in [9.17, 15) is 4.79 Å². The fourth-order valence-corrected chi connectivity index (χ4v) is 2.47. The molecule has 19 heavy (non-hydrogen) atoms. The van der Waals surface area contributed by atoms with E-state index in [1.807, 2.05) is 36.9 Å². The topological polar surface area (TPSA) is 41.6 Å². The highest BCUT2D eigenvalue weighted by atomic mass is 79.9. The average molecular weight is 327 g/mol. The molecule has 0 spiro atoms. The SMILES string of the molecule is CC(C)Oc1ccc(Br)c(C(=O)N2CCNCC2)c1. The largest absolute Gasteiger partial charge is 0.491 e. The van der Waals surface area contributed by atoms with Crippen molar-refractivity contribution in [3.05, 3.63) is 28.2 Å². The molecule has 1 heterocycles. The fourth-order valence-electron chi connectivity index (χ4n) is 2.05. The van der Waals surface area contributed by atoms with Gasteiger partial charge in [-0.3, -0.25) is 4.79 Å². The molecule has 1 fully saturated rings. The van der Waals surface area contributed by atoms with Gasteiger partial charge in [-0.15, -0.1) is 0 Å². The van der Waals surface area contributed by atoms with Gasteiger partial charge in [0.25, 0.3) is 5.91 Å². The number of rotatable bonds is 3. The summed E-state index contributed by atoms with van der Waals surface area (Å²) in [5.74, 6) is 0.791. The summed E-state index contributed by atoms with van der Waals surface area (Å²) in [5, 5.41) is 3.24. The van der Waals surface area contributed by atoms with Crippen LogP contribution in [-0.4, -0.2) is 43.1 Å². The maximum absolute atomic E-state index is 12.5. The van der Waals surface area contributed by atoms with E-state index in [2.05, 4.69) is 21.2 Å². The number of halogens is 1. The van der Waals surface area contributed by atoms with Gasteiger partial charge >= 0.3 is 0 Å². The van der Waals surface area contributed by atoms with Crippen LogP contribution in [0.1, 0.15) is 24.2 Å². The summed E-state index contributed by atoms with van der Waals surface area (Å²) in [4.78, 5) is 14.3. The van der Waals surface area contributed by atoms with Crippen LogP contribution in [-0.2, 0) is 0 Å². The van der Waals surface area contributed by atoms with Crippen LogP contribution in [0.15, 0.2) is 22.7 Å². The molecule has 104 valence electrons. The first-order chi connectivity index (χ1) is 9.08. The Balaban J connectivity index is 2.19. The Morgan fingerprint density at radius 1 is 1.37 bits per heavy atom. The van der Waals surface area contributed by atoms with Gasteiger partial charge in [0.15, 0.2) is 0 Å². The average Bonchev–Trinajstić information content (AvgIpc) is 2.40. The lowest BCUT2D eigenvalue weighted by Crippen LogP contribution is -2.46. The zero-order valence-electron chi connectivity index (χ0n) is 11.3. The molecule has 0 aliphatic carbocycles. The first-order valence-corrected chi connectivity index (χ1v) is 7.33. The summed E-state index contributed by atoms with van der Waals surface area (Å²) in [6.45, 7) is 7.15. The number of nitrogens with zero attached hydrogens (tertiary/aromatic N) is 1. The Labute approximate surface area is 122 Å². The van der Waals surface area contributed by atoms with E-state index in [4.69, 9.17) is 4.74 Å². The van der Waals surface area contributed by atoms with Gasteiger partial charge in [0.1, 0.15) is 5.75 Å². The molecule has 0 aromatic heterocycles. The molecule has 0 radical (unpaired) electrons. The van der Waals surface area contributed by atoms with E-state index in [1.54, 1.807) is 0 Å². The van der Waals surface area contributed by atoms with Crippen LogP contribution in [0.25, 0.3) is 0 Å². The molecule has 1 aromatic rings. The van der Waals surface area contributed by atoms with Crippen LogP contribution in [0, 0.1) is 0 Å². The molecule has 1 amide bonds. The second-order valence-corrected chi connectivity index (χ2v) is 5.70. The first kappa shape index (κ1) is 14.3. The van der Waals surface area contributed by atoms with Crippen LogP contribution >= 0.6 is 15.9 Å². The van der Waals surface area contributed by atoms with Crippen LogP contribution in [0.5, 0.6) is 5.75 Å². The lowest BCUT2D eigenvalue weighted by molar-refractivity contribution is 0.0734. The Bertz CT molecular complexity index is 457. The maximum atomic E-state index is 12.5. The number of nitrogens with one attached hydrogen (secondary N) is 1. The molecule has 1 N–H and O–H groups in total. The Morgan fingerprint density at radius 2 is 2.05 bits per heavy atom. The van der Waals surface area contributed by atoms with Crippen molar-refractivity contribution < 1.29 is 9.53 Å². The number of piperazine rings is 1. The second-order valence-electron chi connectivity index (χ2n) is 4.85. The minimum atomic E-state index is 0.0579. The molecule has 1 saturated heterocycles. The summed E-state index contributed by atoms with van der Waals surface area (Å²) in [6.07, 6.45) is 0.100. The number of hydrogen-bond donors (Lipinski definition) is 1. The molecule has 0 atom stereocenters. The van der Waals surface area contributed by atoms with Gasteiger partial charge in [-0.2, -0.15) is 0 Å². The van der Waals surface area contributed by atoms with E-state index in [-0.39, 0.29) is 12.0 Å². The van der Waals surface area contributed by atoms with Gasteiger partial charge in [0, 0.05) is 30.7 Å². The second kappa shape index (κ2) is 6.39. The van der Waals surface area contributed by atoms with Crippen LogP contribution in [0.4, 0.5) is 0 Å². The van der Waals surface area contributed by atoms with E-state index in [0.717, 1.165) is 36.4 Å². The van der Waals surface area contributed by atoms with E-state index < -0.39 is 0 Å². The van der Waals surface area contributed by atoms with Crippen molar-refractivity contribution in [2.75, 3.05) is 26.2 Å². The number of carbonyl (C=O) groups is 1. The molecule has 1 aromatic carbocycles. The third kappa shape index (κ3) is 3.70. The Hall–Kier alpha value is -1.07. The molecular weight excluding hydrogens is 308 g/mol. The molecule has 1 aliphatic rings. The van der Waals surface area contributed by atoms with Crippen LogP contribution in [0.2, 0.25) is 0 Å². The number of amides is 1. The zero-order chi connectivity index (χ0) is 13.8. The zero-order valence-corrected chi connectivity index (χ0v) is 12.9. The molecule has 1 aliphatic heterocycles. The normalized spacial score (nSPS) is 15.7. The fraction of sp³-hybridized carbons (Fsp3) is 0.500. The number of benzene rings is 1. The lowest BCUT2D eigenvalue weighted by atomic mass is 10.1. The maximum Gasteiger partial charge on any atom is 0.255 e. The molecule has 0 unspecified atom stereocenters. The summed E-state index contributed by atoms with van der Waals surface area (Å²) in [6, 6.07) is 5.56. The number of ether oxygens (including phenoxy) is 1. The van der Waals surface area contributed by atoms with Crippen molar-refractivity contribution in [2.45, 2.75) is 20.0 Å². The van der Waals surface area contributed by atoms with Gasteiger partial charge < -0.3 is 15.0 Å². The lowest BCUT2D eigenvalue weighted by Gasteiger charge is -2.28. The summed E-state index contributed by atoms with van der Waals surface area (Å²) >= 11 is 3.45. The minimum Gasteiger partial charge on any atom is -0.491 e. The molecule has 5 heteroatoms. The highest BCUT2D eigenvalue weighted by Gasteiger charge is 2.20. The third-order valence-electron chi connectivity index (χ3n) is 2.94. The third-order valence-corrected chi connectivity index (χ3v) is 3.64. The smallest absolute Gasteiger partial charge is 0.255 e. The van der Waals surface area contributed by atoms with Crippen molar-refractivity contribution >= 4 is 21.8 Å². The molecule has 2 rings (SSSR count). The number of carbonyl (C=O) groups excluding carboxylic acids is 1. The van der Waals surface area contributed by atoms with E-state index in [1.165, 1.54) is 0 Å². The van der Waals surface area contributed by atoms with E-state index in [0.29, 0.717) is 5.56 Å². The number of hydrogen-bond acceptors (Lipinski definition) is 3. The first-order valence-electron chi connectivity index (χ1n) is 6.54. The molecule has 0 saturated carbocycles.